The molecule has 1 fully saturated rings. The van der Waals surface area contributed by atoms with Crippen LogP contribution in [-0.4, -0.2) is 28.3 Å². The molecule has 0 aliphatic carbocycles. The van der Waals surface area contributed by atoms with Gasteiger partial charge in [-0.2, -0.15) is 0 Å². The van der Waals surface area contributed by atoms with Crippen molar-refractivity contribution in [3.05, 3.63) is 95.2 Å². The number of benzene rings is 2. The Morgan fingerprint density at radius 1 is 1.12 bits per heavy atom. The van der Waals surface area contributed by atoms with Gasteiger partial charge in [0.25, 0.3) is 11.7 Å². The molecular weight excluding hydrogens is 425 g/mol. The summed E-state index contributed by atoms with van der Waals surface area (Å²) >= 11 is 0. The highest BCUT2D eigenvalue weighted by molar-refractivity contribution is 6.46. The topological polar surface area (TPSA) is 80.0 Å². The molecule has 6 nitrogen and oxygen atoms in total. The SMILES string of the molecule is CC(C)COc1cccc(/C(O)=C2/C(=O)C(=O)N(Cc3ccco3)C2c2ccccc2F)c1. The number of carbonyl (C=O) groups is 2. The van der Waals surface area contributed by atoms with E-state index in [-0.39, 0.29) is 17.7 Å². The molecule has 0 spiro atoms. The van der Waals surface area contributed by atoms with Crippen molar-refractivity contribution in [2.75, 3.05) is 6.61 Å². The number of Topliss-reactive ketones (excluding diaryl/α,β-unsaturated/α-hetero) is 1. The largest absolute Gasteiger partial charge is 0.507 e. The Labute approximate surface area is 190 Å². The van der Waals surface area contributed by atoms with E-state index in [9.17, 15) is 19.1 Å². The third kappa shape index (κ3) is 4.53. The number of hydrogen-bond donors (Lipinski definition) is 1. The molecule has 0 bridgehead atoms. The quantitative estimate of drug-likeness (QED) is 0.309. The summed E-state index contributed by atoms with van der Waals surface area (Å²) in [5.41, 5.74) is 0.225. The number of nitrogens with zero attached hydrogens (tertiary/aromatic N) is 1. The van der Waals surface area contributed by atoms with Crippen LogP contribution in [0.4, 0.5) is 4.39 Å². The van der Waals surface area contributed by atoms with E-state index < -0.39 is 29.3 Å². The first-order valence-electron chi connectivity index (χ1n) is 10.6. The highest BCUT2D eigenvalue weighted by Crippen LogP contribution is 2.41. The Morgan fingerprint density at radius 2 is 1.91 bits per heavy atom. The minimum atomic E-state index is -1.11. The lowest BCUT2D eigenvalue weighted by molar-refractivity contribution is -0.140. The molecule has 4 rings (SSSR count). The second kappa shape index (κ2) is 9.32. The molecule has 3 aromatic rings. The summed E-state index contributed by atoms with van der Waals surface area (Å²) in [6, 6.07) is 14.7. The number of likely N-dealkylation sites (tertiary alicyclic amines) is 1. The number of ether oxygens (including phenoxy) is 1. The maximum absolute atomic E-state index is 14.8. The number of amides is 1. The smallest absolute Gasteiger partial charge is 0.296 e. The molecule has 1 N–H and O–H groups in total. The first-order valence-corrected chi connectivity index (χ1v) is 10.6. The molecule has 1 atom stereocenters. The van der Waals surface area contributed by atoms with Gasteiger partial charge in [0.1, 0.15) is 23.1 Å². The van der Waals surface area contributed by atoms with Crippen molar-refractivity contribution in [2.24, 2.45) is 5.92 Å². The van der Waals surface area contributed by atoms with E-state index in [4.69, 9.17) is 9.15 Å². The third-order valence-corrected chi connectivity index (χ3v) is 5.34. The van der Waals surface area contributed by atoms with Crippen LogP contribution in [0.1, 0.15) is 36.8 Å². The van der Waals surface area contributed by atoms with Crippen molar-refractivity contribution in [1.29, 1.82) is 0 Å². The maximum Gasteiger partial charge on any atom is 0.296 e. The van der Waals surface area contributed by atoms with Gasteiger partial charge >= 0.3 is 0 Å². The van der Waals surface area contributed by atoms with Crippen LogP contribution in [0.3, 0.4) is 0 Å². The minimum absolute atomic E-state index is 0.0507. The number of halogens is 1. The predicted octanol–water partition coefficient (Wildman–Crippen LogP) is 5.08. The first kappa shape index (κ1) is 22.3. The fourth-order valence-corrected chi connectivity index (χ4v) is 3.79. The average Bonchev–Trinajstić information content (AvgIpc) is 3.40. The fraction of sp³-hybridized carbons (Fsp3) is 0.231. The summed E-state index contributed by atoms with van der Waals surface area (Å²) in [6.45, 7) is 4.45. The van der Waals surface area contributed by atoms with E-state index in [0.29, 0.717) is 29.6 Å². The van der Waals surface area contributed by atoms with Gasteiger partial charge in [-0.05, 0) is 36.2 Å². The molecule has 1 amide bonds. The van der Waals surface area contributed by atoms with Crippen molar-refractivity contribution in [3.63, 3.8) is 0 Å². The lowest BCUT2D eigenvalue weighted by Crippen LogP contribution is -2.29. The van der Waals surface area contributed by atoms with Crippen molar-refractivity contribution >= 4 is 17.4 Å². The van der Waals surface area contributed by atoms with Crippen LogP contribution in [0, 0.1) is 11.7 Å². The van der Waals surface area contributed by atoms with Gasteiger partial charge in [-0.3, -0.25) is 9.59 Å². The molecule has 7 heteroatoms. The minimum Gasteiger partial charge on any atom is -0.507 e. The van der Waals surface area contributed by atoms with Gasteiger partial charge in [0, 0.05) is 11.1 Å². The van der Waals surface area contributed by atoms with E-state index in [1.54, 1.807) is 42.5 Å². The molecular formula is C26H24FNO5. The number of aliphatic hydroxyl groups excluding tert-OH is 1. The molecule has 170 valence electrons. The Kier molecular flexibility index (Phi) is 6.31. The van der Waals surface area contributed by atoms with E-state index in [2.05, 4.69) is 0 Å². The number of aliphatic hydroxyl groups is 1. The Morgan fingerprint density at radius 3 is 2.61 bits per heavy atom. The standard InChI is InChI=1S/C26H24FNO5/c1-16(2)15-33-18-8-5-7-17(13-18)24(29)22-23(20-10-3-4-11-21(20)27)28(26(31)25(22)30)14-19-9-6-12-32-19/h3-13,16,23,29H,14-15H2,1-2H3/b24-22-. The number of ketones is 1. The number of carbonyl (C=O) groups excluding carboxylic acids is 2. The third-order valence-electron chi connectivity index (χ3n) is 5.34. The first-order chi connectivity index (χ1) is 15.9. The van der Waals surface area contributed by atoms with Gasteiger partial charge in [-0.1, -0.05) is 44.2 Å². The number of hydrogen-bond acceptors (Lipinski definition) is 5. The van der Waals surface area contributed by atoms with E-state index in [0.717, 1.165) is 0 Å². The lowest BCUT2D eigenvalue weighted by atomic mass is 9.95. The normalized spacial score (nSPS) is 17.7. The average molecular weight is 449 g/mol. The molecule has 1 aliphatic rings. The van der Waals surface area contributed by atoms with Gasteiger partial charge < -0.3 is 19.2 Å². The molecule has 1 unspecified atom stereocenters. The van der Waals surface area contributed by atoms with Gasteiger partial charge in [0.15, 0.2) is 0 Å². The van der Waals surface area contributed by atoms with Gasteiger partial charge in [0.05, 0.1) is 31.0 Å². The maximum atomic E-state index is 14.8. The van der Waals surface area contributed by atoms with E-state index >= 15 is 0 Å². The molecule has 2 aromatic carbocycles. The zero-order valence-electron chi connectivity index (χ0n) is 18.3. The Hall–Kier alpha value is -3.87. The molecule has 1 aliphatic heterocycles. The fourth-order valence-electron chi connectivity index (χ4n) is 3.79. The van der Waals surface area contributed by atoms with Crippen LogP contribution >= 0.6 is 0 Å². The second-order valence-corrected chi connectivity index (χ2v) is 8.26. The summed E-state index contributed by atoms with van der Waals surface area (Å²) in [6.07, 6.45) is 1.45. The van der Waals surface area contributed by atoms with Crippen LogP contribution in [-0.2, 0) is 16.1 Å². The molecule has 2 heterocycles. The van der Waals surface area contributed by atoms with E-state index in [1.807, 2.05) is 13.8 Å². The Balaban J connectivity index is 1.81. The summed E-state index contributed by atoms with van der Waals surface area (Å²) in [5.74, 6) is -1.46. The van der Waals surface area contributed by atoms with Crippen molar-refractivity contribution < 1.29 is 28.2 Å². The molecule has 1 saturated heterocycles. The second-order valence-electron chi connectivity index (χ2n) is 8.26. The molecule has 1 aromatic heterocycles. The van der Waals surface area contributed by atoms with Crippen LogP contribution in [0.5, 0.6) is 5.75 Å². The molecule has 0 saturated carbocycles. The van der Waals surface area contributed by atoms with E-state index in [1.165, 1.54) is 29.4 Å². The van der Waals surface area contributed by atoms with Gasteiger partial charge in [-0.15, -0.1) is 0 Å². The summed E-state index contributed by atoms with van der Waals surface area (Å²) in [7, 11) is 0. The Bertz CT molecular complexity index is 1200. The van der Waals surface area contributed by atoms with Crippen molar-refractivity contribution in [2.45, 2.75) is 26.4 Å². The highest BCUT2D eigenvalue weighted by atomic mass is 19.1. The zero-order valence-corrected chi connectivity index (χ0v) is 18.3. The lowest BCUT2D eigenvalue weighted by Gasteiger charge is -2.24. The van der Waals surface area contributed by atoms with Crippen LogP contribution in [0.15, 0.2) is 76.9 Å². The summed E-state index contributed by atoms with van der Waals surface area (Å²) < 4.78 is 25.9. The molecule has 0 radical (unpaired) electrons. The van der Waals surface area contributed by atoms with Crippen LogP contribution < -0.4 is 4.74 Å². The molecule has 33 heavy (non-hydrogen) atoms. The number of rotatable bonds is 7. The highest BCUT2D eigenvalue weighted by Gasteiger charge is 2.47. The van der Waals surface area contributed by atoms with Crippen molar-refractivity contribution in [1.82, 2.24) is 4.90 Å². The summed E-state index contributed by atoms with van der Waals surface area (Å²) in [4.78, 5) is 27.2. The van der Waals surface area contributed by atoms with Gasteiger partial charge in [-0.25, -0.2) is 4.39 Å². The van der Waals surface area contributed by atoms with Crippen LogP contribution in [0.2, 0.25) is 0 Å². The monoisotopic (exact) mass is 449 g/mol. The zero-order chi connectivity index (χ0) is 23.5. The summed E-state index contributed by atoms with van der Waals surface area (Å²) in [5, 5.41) is 11.2. The number of furan rings is 1. The van der Waals surface area contributed by atoms with Crippen LogP contribution in [0.25, 0.3) is 5.76 Å². The van der Waals surface area contributed by atoms with Crippen molar-refractivity contribution in [3.8, 4) is 5.75 Å². The predicted molar refractivity (Wildman–Crippen MR) is 120 cm³/mol. The van der Waals surface area contributed by atoms with Gasteiger partial charge in [0.2, 0.25) is 0 Å².